The van der Waals surface area contributed by atoms with Gasteiger partial charge in [0.05, 0.1) is 17.1 Å². The third-order valence-corrected chi connectivity index (χ3v) is 2.20. The molecule has 16 heavy (non-hydrogen) atoms. The van der Waals surface area contributed by atoms with E-state index in [-0.39, 0.29) is 17.4 Å². The minimum absolute atomic E-state index is 0.00691. The first-order valence-electron chi connectivity index (χ1n) is 4.93. The van der Waals surface area contributed by atoms with Gasteiger partial charge in [0, 0.05) is 0 Å². The molecule has 1 aromatic carbocycles. The number of hydrogen-bond donors (Lipinski definition) is 0. The van der Waals surface area contributed by atoms with E-state index < -0.39 is 4.92 Å². The van der Waals surface area contributed by atoms with Crippen LogP contribution in [0.5, 0.6) is 5.75 Å². The van der Waals surface area contributed by atoms with Gasteiger partial charge in [0.1, 0.15) is 17.4 Å². The fraction of sp³-hybridized carbons (Fsp3) is 0.364. The van der Waals surface area contributed by atoms with Crippen molar-refractivity contribution in [2.75, 3.05) is 0 Å². The lowest BCUT2D eigenvalue weighted by Gasteiger charge is -2.12. The first kappa shape index (κ1) is 12.0. The first-order valence-corrected chi connectivity index (χ1v) is 4.93. The Kier molecular flexibility index (Phi) is 3.84. The Morgan fingerprint density at radius 3 is 2.81 bits per heavy atom. The van der Waals surface area contributed by atoms with Crippen LogP contribution in [0.1, 0.15) is 25.8 Å². The zero-order valence-corrected chi connectivity index (χ0v) is 9.14. The summed E-state index contributed by atoms with van der Waals surface area (Å²) in [6.07, 6.45) is 0.806. The smallest absolute Gasteiger partial charge is 0.290 e. The van der Waals surface area contributed by atoms with Crippen molar-refractivity contribution in [1.29, 1.82) is 5.26 Å². The Hall–Kier alpha value is -2.09. The monoisotopic (exact) mass is 220 g/mol. The standard InChI is InChI=1S/C11H12N2O3/c1-3-8(2)16-10-5-4-9(7-12)11(6-10)13(14)15/h4-6,8H,3H2,1-2H3. The maximum atomic E-state index is 10.7. The van der Waals surface area contributed by atoms with Crippen LogP contribution in [0.2, 0.25) is 0 Å². The molecule has 0 amide bonds. The molecule has 84 valence electrons. The predicted molar refractivity (Wildman–Crippen MR) is 58.2 cm³/mol. The molecular weight excluding hydrogens is 208 g/mol. The number of hydrogen-bond acceptors (Lipinski definition) is 4. The lowest BCUT2D eigenvalue weighted by molar-refractivity contribution is -0.385. The Balaban J connectivity index is 3.04. The van der Waals surface area contributed by atoms with Crippen LogP contribution in [0.3, 0.4) is 0 Å². The molecule has 0 heterocycles. The van der Waals surface area contributed by atoms with Crippen molar-refractivity contribution in [2.24, 2.45) is 0 Å². The molecule has 1 unspecified atom stereocenters. The van der Waals surface area contributed by atoms with Crippen molar-refractivity contribution in [3.63, 3.8) is 0 Å². The Morgan fingerprint density at radius 1 is 1.62 bits per heavy atom. The molecule has 5 nitrogen and oxygen atoms in total. The average Bonchev–Trinajstić information content (AvgIpc) is 2.28. The fourth-order valence-electron chi connectivity index (χ4n) is 1.15. The number of benzene rings is 1. The van der Waals surface area contributed by atoms with Crippen molar-refractivity contribution in [2.45, 2.75) is 26.4 Å². The average molecular weight is 220 g/mol. The summed E-state index contributed by atoms with van der Waals surface area (Å²) >= 11 is 0. The van der Waals surface area contributed by atoms with E-state index in [9.17, 15) is 10.1 Å². The Bertz CT molecular complexity index is 437. The van der Waals surface area contributed by atoms with Crippen LogP contribution < -0.4 is 4.74 Å². The van der Waals surface area contributed by atoms with E-state index in [1.54, 1.807) is 12.1 Å². The largest absolute Gasteiger partial charge is 0.490 e. The van der Waals surface area contributed by atoms with E-state index in [1.165, 1.54) is 12.1 Å². The van der Waals surface area contributed by atoms with E-state index >= 15 is 0 Å². The number of nitriles is 1. The highest BCUT2D eigenvalue weighted by Gasteiger charge is 2.15. The molecule has 0 saturated heterocycles. The summed E-state index contributed by atoms with van der Waals surface area (Å²) in [5, 5.41) is 19.4. The van der Waals surface area contributed by atoms with E-state index in [2.05, 4.69) is 0 Å². The highest BCUT2D eigenvalue weighted by Crippen LogP contribution is 2.24. The van der Waals surface area contributed by atoms with Crippen molar-refractivity contribution < 1.29 is 9.66 Å². The van der Waals surface area contributed by atoms with Crippen LogP contribution >= 0.6 is 0 Å². The van der Waals surface area contributed by atoms with Crippen molar-refractivity contribution >= 4 is 5.69 Å². The van der Waals surface area contributed by atoms with Gasteiger partial charge in [0.15, 0.2) is 0 Å². The number of rotatable bonds is 4. The molecule has 0 radical (unpaired) electrons. The molecule has 0 aliphatic heterocycles. The van der Waals surface area contributed by atoms with Gasteiger partial charge < -0.3 is 4.74 Å². The third-order valence-electron chi connectivity index (χ3n) is 2.20. The summed E-state index contributed by atoms with van der Waals surface area (Å²) < 4.78 is 5.44. The van der Waals surface area contributed by atoms with Crippen molar-refractivity contribution in [3.05, 3.63) is 33.9 Å². The van der Waals surface area contributed by atoms with Crippen LogP contribution in [0.15, 0.2) is 18.2 Å². The topological polar surface area (TPSA) is 76.2 Å². The van der Waals surface area contributed by atoms with Crippen molar-refractivity contribution in [3.8, 4) is 11.8 Å². The summed E-state index contributed by atoms with van der Waals surface area (Å²) in [5.41, 5.74) is -0.176. The molecule has 0 aliphatic carbocycles. The second-order valence-electron chi connectivity index (χ2n) is 3.38. The minimum atomic E-state index is -0.581. The highest BCUT2D eigenvalue weighted by molar-refractivity contribution is 5.52. The van der Waals surface area contributed by atoms with E-state index in [1.807, 2.05) is 13.8 Å². The summed E-state index contributed by atoms with van der Waals surface area (Å²) in [5.74, 6) is 0.417. The summed E-state index contributed by atoms with van der Waals surface area (Å²) in [6, 6.07) is 6.02. The van der Waals surface area contributed by atoms with E-state index in [4.69, 9.17) is 10.00 Å². The van der Waals surface area contributed by atoms with E-state index in [0.717, 1.165) is 6.42 Å². The summed E-state index contributed by atoms with van der Waals surface area (Å²) in [7, 11) is 0. The fourth-order valence-corrected chi connectivity index (χ4v) is 1.15. The molecular formula is C11H12N2O3. The van der Waals surface area contributed by atoms with Gasteiger partial charge in [-0.2, -0.15) is 5.26 Å². The number of nitro benzene ring substituents is 1. The maximum absolute atomic E-state index is 10.7. The Morgan fingerprint density at radius 2 is 2.31 bits per heavy atom. The molecule has 0 aromatic heterocycles. The van der Waals surface area contributed by atoms with Crippen LogP contribution in [0.25, 0.3) is 0 Å². The summed E-state index contributed by atoms with van der Waals surface area (Å²) in [6.45, 7) is 3.84. The molecule has 0 aliphatic rings. The van der Waals surface area contributed by atoms with E-state index in [0.29, 0.717) is 5.75 Å². The maximum Gasteiger partial charge on any atom is 0.290 e. The van der Waals surface area contributed by atoms with Crippen molar-refractivity contribution in [1.82, 2.24) is 0 Å². The lowest BCUT2D eigenvalue weighted by atomic mass is 10.2. The number of ether oxygens (including phenoxy) is 1. The second-order valence-corrected chi connectivity index (χ2v) is 3.38. The number of nitrogens with zero attached hydrogens (tertiary/aromatic N) is 2. The van der Waals surface area contributed by atoms with Gasteiger partial charge in [-0.05, 0) is 25.5 Å². The van der Waals surface area contributed by atoms with Crippen LogP contribution in [-0.4, -0.2) is 11.0 Å². The van der Waals surface area contributed by atoms with Gasteiger partial charge in [-0.1, -0.05) is 6.92 Å². The molecule has 1 atom stereocenters. The van der Waals surface area contributed by atoms with Gasteiger partial charge in [0.25, 0.3) is 5.69 Å². The highest BCUT2D eigenvalue weighted by atomic mass is 16.6. The van der Waals surface area contributed by atoms with Gasteiger partial charge in [0.2, 0.25) is 0 Å². The first-order chi connectivity index (χ1) is 7.58. The third kappa shape index (κ3) is 2.70. The molecule has 0 saturated carbocycles. The van der Waals surface area contributed by atoms with Gasteiger partial charge >= 0.3 is 0 Å². The molecule has 0 N–H and O–H groups in total. The van der Waals surface area contributed by atoms with Crippen LogP contribution in [0.4, 0.5) is 5.69 Å². The minimum Gasteiger partial charge on any atom is -0.490 e. The lowest BCUT2D eigenvalue weighted by Crippen LogP contribution is -2.09. The zero-order valence-electron chi connectivity index (χ0n) is 9.14. The molecule has 1 rings (SSSR count). The van der Waals surface area contributed by atoms with Crippen LogP contribution in [-0.2, 0) is 0 Å². The molecule has 0 spiro atoms. The zero-order chi connectivity index (χ0) is 12.1. The number of nitro groups is 1. The second kappa shape index (κ2) is 5.12. The quantitative estimate of drug-likeness (QED) is 0.577. The normalized spacial score (nSPS) is 11.6. The molecule has 0 bridgehead atoms. The summed E-state index contributed by atoms with van der Waals surface area (Å²) in [4.78, 5) is 10.1. The van der Waals surface area contributed by atoms with Gasteiger partial charge in [-0.3, -0.25) is 10.1 Å². The molecule has 5 heteroatoms. The SMILES string of the molecule is CCC(C)Oc1ccc(C#N)c([N+](=O)[O-])c1. The van der Waals surface area contributed by atoms with Gasteiger partial charge in [-0.25, -0.2) is 0 Å². The van der Waals surface area contributed by atoms with Crippen LogP contribution in [0, 0.1) is 21.4 Å². The predicted octanol–water partition coefficient (Wildman–Crippen LogP) is 2.64. The Labute approximate surface area is 93.4 Å². The molecule has 0 fully saturated rings. The van der Waals surface area contributed by atoms with Gasteiger partial charge in [-0.15, -0.1) is 0 Å². The molecule has 1 aromatic rings.